The Morgan fingerprint density at radius 1 is 0.870 bits per heavy atom. The molecule has 5 aromatic rings. The second-order valence-corrected chi connectivity index (χ2v) is 11.3. The van der Waals surface area contributed by atoms with Crippen molar-refractivity contribution in [3.63, 3.8) is 0 Å². The molecule has 1 amide bonds. The van der Waals surface area contributed by atoms with Gasteiger partial charge in [-0.25, -0.2) is 0 Å². The van der Waals surface area contributed by atoms with Gasteiger partial charge in [-0.3, -0.25) is 14.7 Å². The minimum Gasteiger partial charge on any atom is -0.491 e. The van der Waals surface area contributed by atoms with E-state index >= 15 is 0 Å². The largest absolute Gasteiger partial charge is 0.491 e. The number of carbonyl (C=O) groups is 1. The van der Waals surface area contributed by atoms with Gasteiger partial charge in [0.2, 0.25) is 0 Å². The molecule has 0 radical (unpaired) electrons. The summed E-state index contributed by atoms with van der Waals surface area (Å²) in [6.07, 6.45) is 1.51. The highest BCUT2D eigenvalue weighted by Crippen LogP contribution is 2.30. The molecule has 0 saturated heterocycles. The van der Waals surface area contributed by atoms with Crippen molar-refractivity contribution in [2.45, 2.75) is 32.0 Å². The molecule has 8 nitrogen and oxygen atoms in total. The summed E-state index contributed by atoms with van der Waals surface area (Å²) in [5, 5.41) is 22.2. The van der Waals surface area contributed by atoms with Gasteiger partial charge in [0, 0.05) is 49.9 Å². The van der Waals surface area contributed by atoms with Gasteiger partial charge in [0.25, 0.3) is 5.91 Å². The molecule has 1 heterocycles. The molecule has 0 aliphatic heterocycles. The SMILES string of the molecule is CCN(C)C(=O)c1ccc2c(Oc3ccc(C[C@@H](CO)N(Cc4ccccc4)C[C@H](O)COc4ccccc4)cc3)ccnc2c1. The van der Waals surface area contributed by atoms with Crippen molar-refractivity contribution in [2.75, 3.05) is 33.4 Å². The number of pyridine rings is 1. The highest BCUT2D eigenvalue weighted by atomic mass is 16.5. The first kappa shape index (κ1) is 32.6. The Labute approximate surface area is 270 Å². The van der Waals surface area contributed by atoms with Crippen molar-refractivity contribution < 1.29 is 24.5 Å². The zero-order valence-electron chi connectivity index (χ0n) is 26.3. The van der Waals surface area contributed by atoms with E-state index in [9.17, 15) is 15.0 Å². The molecule has 46 heavy (non-hydrogen) atoms. The average molecular weight is 620 g/mol. The number of carbonyl (C=O) groups excluding carboxylic acids is 1. The minimum atomic E-state index is -0.745. The van der Waals surface area contributed by atoms with Crippen LogP contribution in [0.3, 0.4) is 0 Å². The molecule has 2 atom stereocenters. The number of nitrogens with zero attached hydrogens (tertiary/aromatic N) is 3. The van der Waals surface area contributed by atoms with E-state index in [4.69, 9.17) is 9.47 Å². The zero-order valence-corrected chi connectivity index (χ0v) is 26.3. The number of aliphatic hydroxyl groups is 2. The van der Waals surface area contributed by atoms with Crippen LogP contribution < -0.4 is 9.47 Å². The van der Waals surface area contributed by atoms with Crippen molar-refractivity contribution in [3.05, 3.63) is 132 Å². The molecular weight excluding hydrogens is 578 g/mol. The maximum Gasteiger partial charge on any atom is 0.253 e. The standard InChI is InChI=1S/C38H41N3O5/c1-3-40(2)38(44)30-16-19-35-36(23-30)39-21-20-37(35)46-34-17-14-28(15-18-34)22-31(26-42)41(24-29-10-6-4-7-11-29)25-32(43)27-45-33-12-8-5-9-13-33/h4-21,23,31-32,42-43H,3,22,24-27H2,1-2H3/t31-,32-/m0/s1. The van der Waals surface area contributed by atoms with Gasteiger partial charge in [-0.1, -0.05) is 60.7 Å². The lowest BCUT2D eigenvalue weighted by Gasteiger charge is -2.32. The number of hydrogen-bond donors (Lipinski definition) is 2. The van der Waals surface area contributed by atoms with Crippen LogP contribution >= 0.6 is 0 Å². The minimum absolute atomic E-state index is 0.0494. The average Bonchev–Trinajstić information content (AvgIpc) is 3.10. The van der Waals surface area contributed by atoms with Gasteiger partial charge >= 0.3 is 0 Å². The molecule has 0 aliphatic carbocycles. The maximum atomic E-state index is 12.6. The Morgan fingerprint density at radius 2 is 1.59 bits per heavy atom. The third-order valence-corrected chi connectivity index (χ3v) is 7.98. The van der Waals surface area contributed by atoms with E-state index in [2.05, 4.69) is 9.88 Å². The molecule has 5 rings (SSSR count). The van der Waals surface area contributed by atoms with Crippen LogP contribution in [0, 0.1) is 0 Å². The predicted octanol–water partition coefficient (Wildman–Crippen LogP) is 5.96. The first-order chi connectivity index (χ1) is 22.4. The molecular formula is C38H41N3O5. The summed E-state index contributed by atoms with van der Waals surface area (Å²) in [5.41, 5.74) is 3.40. The Balaban J connectivity index is 1.27. The summed E-state index contributed by atoms with van der Waals surface area (Å²) in [4.78, 5) is 20.9. The van der Waals surface area contributed by atoms with Crippen LogP contribution in [0.25, 0.3) is 10.9 Å². The van der Waals surface area contributed by atoms with Crippen molar-refractivity contribution in [1.82, 2.24) is 14.8 Å². The fraction of sp³-hybridized carbons (Fsp3) is 0.263. The topological polar surface area (TPSA) is 95.4 Å². The smallest absolute Gasteiger partial charge is 0.253 e. The maximum absolute atomic E-state index is 12.6. The van der Waals surface area contributed by atoms with Gasteiger partial charge in [-0.15, -0.1) is 0 Å². The second-order valence-electron chi connectivity index (χ2n) is 11.3. The number of fused-ring (bicyclic) bond motifs is 1. The van der Waals surface area contributed by atoms with Crippen LogP contribution in [0.1, 0.15) is 28.4 Å². The van der Waals surface area contributed by atoms with Crippen LogP contribution in [0.5, 0.6) is 17.2 Å². The Morgan fingerprint density at radius 3 is 2.28 bits per heavy atom. The summed E-state index contributed by atoms with van der Waals surface area (Å²) < 4.78 is 12.0. The number of benzene rings is 4. The van der Waals surface area contributed by atoms with Crippen molar-refractivity contribution in [2.24, 2.45) is 0 Å². The predicted molar refractivity (Wildman–Crippen MR) is 180 cm³/mol. The van der Waals surface area contributed by atoms with E-state index in [1.54, 1.807) is 30.3 Å². The fourth-order valence-electron chi connectivity index (χ4n) is 5.30. The Hall–Kier alpha value is -4.76. The summed E-state index contributed by atoms with van der Waals surface area (Å²) in [7, 11) is 1.78. The fourth-order valence-corrected chi connectivity index (χ4v) is 5.30. The third kappa shape index (κ3) is 8.69. The molecule has 8 heteroatoms. The number of hydrogen-bond acceptors (Lipinski definition) is 7. The van der Waals surface area contributed by atoms with Crippen molar-refractivity contribution in [1.29, 1.82) is 0 Å². The molecule has 1 aromatic heterocycles. The quantitative estimate of drug-likeness (QED) is 0.149. The van der Waals surface area contributed by atoms with Gasteiger partial charge in [-0.05, 0) is 73.0 Å². The van der Waals surface area contributed by atoms with E-state index in [-0.39, 0.29) is 25.2 Å². The first-order valence-electron chi connectivity index (χ1n) is 15.6. The molecule has 238 valence electrons. The summed E-state index contributed by atoms with van der Waals surface area (Å²) >= 11 is 0. The number of para-hydroxylation sites is 1. The van der Waals surface area contributed by atoms with E-state index in [1.165, 1.54) is 0 Å². The molecule has 0 spiro atoms. The number of aromatic nitrogens is 1. The van der Waals surface area contributed by atoms with Crippen LogP contribution in [0.15, 0.2) is 115 Å². The lowest BCUT2D eigenvalue weighted by Crippen LogP contribution is -2.44. The van der Waals surface area contributed by atoms with E-state index in [0.29, 0.717) is 54.4 Å². The van der Waals surface area contributed by atoms with Crippen LogP contribution in [-0.2, 0) is 13.0 Å². The Kier molecular flexibility index (Phi) is 11.3. The molecule has 0 aliphatic rings. The van der Waals surface area contributed by atoms with Crippen LogP contribution in [-0.4, -0.2) is 76.4 Å². The van der Waals surface area contributed by atoms with E-state index in [1.807, 2.05) is 104 Å². The summed E-state index contributed by atoms with van der Waals surface area (Å²) in [6, 6.07) is 34.3. The Bertz CT molecular complexity index is 1680. The highest BCUT2D eigenvalue weighted by Gasteiger charge is 2.22. The number of ether oxygens (including phenoxy) is 2. The molecule has 0 bridgehead atoms. The lowest BCUT2D eigenvalue weighted by atomic mass is 10.0. The van der Waals surface area contributed by atoms with Gasteiger partial charge in [0.15, 0.2) is 0 Å². The second kappa shape index (κ2) is 16.0. The van der Waals surface area contributed by atoms with Crippen LogP contribution in [0.4, 0.5) is 0 Å². The first-order valence-corrected chi connectivity index (χ1v) is 15.6. The van der Waals surface area contributed by atoms with Crippen molar-refractivity contribution in [3.8, 4) is 17.2 Å². The van der Waals surface area contributed by atoms with Crippen molar-refractivity contribution >= 4 is 16.8 Å². The number of aliphatic hydroxyl groups excluding tert-OH is 2. The zero-order chi connectivity index (χ0) is 32.3. The lowest BCUT2D eigenvalue weighted by molar-refractivity contribution is 0.0335. The van der Waals surface area contributed by atoms with Gasteiger partial charge < -0.3 is 24.6 Å². The van der Waals surface area contributed by atoms with Gasteiger partial charge in [-0.2, -0.15) is 0 Å². The highest BCUT2D eigenvalue weighted by molar-refractivity contribution is 5.98. The van der Waals surface area contributed by atoms with Gasteiger partial charge in [0.05, 0.1) is 12.1 Å². The normalized spacial score (nSPS) is 12.5. The van der Waals surface area contributed by atoms with E-state index in [0.717, 1.165) is 16.5 Å². The monoisotopic (exact) mass is 619 g/mol. The van der Waals surface area contributed by atoms with E-state index < -0.39 is 6.10 Å². The summed E-state index contributed by atoms with van der Waals surface area (Å²) in [5.74, 6) is 1.97. The molecule has 2 N–H and O–H groups in total. The number of rotatable bonds is 15. The number of amides is 1. The molecule has 0 unspecified atom stereocenters. The third-order valence-electron chi connectivity index (χ3n) is 7.98. The summed E-state index contributed by atoms with van der Waals surface area (Å²) in [6.45, 7) is 3.56. The van der Waals surface area contributed by atoms with Crippen LogP contribution in [0.2, 0.25) is 0 Å². The molecule has 0 fully saturated rings. The van der Waals surface area contributed by atoms with Gasteiger partial charge in [0.1, 0.15) is 30.0 Å². The molecule has 0 saturated carbocycles. The molecule has 4 aromatic carbocycles.